The van der Waals surface area contributed by atoms with E-state index in [1.165, 1.54) is 18.3 Å². The van der Waals surface area contributed by atoms with Gasteiger partial charge in [0.1, 0.15) is 5.60 Å². The van der Waals surface area contributed by atoms with Crippen LogP contribution in [0, 0.1) is 0 Å². The minimum atomic E-state index is -0.730. The van der Waals surface area contributed by atoms with Gasteiger partial charge < -0.3 is 15.4 Å². The highest BCUT2D eigenvalue weighted by Gasteiger charge is 2.16. The molecule has 0 unspecified atom stereocenters. The lowest BCUT2D eigenvalue weighted by atomic mass is 10.1. The molecule has 1 heterocycles. The topological polar surface area (TPSA) is 121 Å². The molecule has 0 saturated heterocycles. The summed E-state index contributed by atoms with van der Waals surface area (Å²) in [6.45, 7) is 6.97. The Balaban J connectivity index is 1.71. The molecule has 1 aromatic carbocycles. The van der Waals surface area contributed by atoms with Crippen LogP contribution >= 0.6 is 11.3 Å². The van der Waals surface area contributed by atoms with Crippen molar-refractivity contribution in [3.8, 4) is 0 Å². The number of carbonyl (C=O) groups excluding carboxylic acids is 3. The highest BCUT2D eigenvalue weighted by atomic mass is 32.1. The number of hydrazine groups is 1. The third-order valence-electron chi connectivity index (χ3n) is 3.66. The number of aryl methyl sites for hydroxylation is 2. The molecule has 4 amide bonds. The molecule has 9 nitrogen and oxygen atoms in total. The largest absolute Gasteiger partial charge is 0.443 e. The number of nitrogens with zero attached hydrogens (tertiary/aromatic N) is 1. The van der Waals surface area contributed by atoms with Crippen molar-refractivity contribution < 1.29 is 19.1 Å². The number of ether oxygens (including phenoxy) is 1. The second kappa shape index (κ2) is 10.6. The first-order chi connectivity index (χ1) is 14.1. The molecule has 1 aromatic heterocycles. The summed E-state index contributed by atoms with van der Waals surface area (Å²) in [4.78, 5) is 38.7. The Labute approximate surface area is 179 Å². The number of hydrogen-bond acceptors (Lipinski definition) is 6. The maximum atomic E-state index is 11.8. The number of thiazole rings is 1. The number of nitrogens with one attached hydrogen (secondary N) is 4. The minimum Gasteiger partial charge on any atom is -0.443 e. The van der Waals surface area contributed by atoms with Crippen LogP contribution in [-0.2, 0) is 28.9 Å². The number of rotatable bonds is 6. The zero-order valence-corrected chi connectivity index (χ0v) is 18.3. The number of benzene rings is 1. The molecule has 0 aliphatic heterocycles. The average molecular weight is 434 g/mol. The molecule has 0 aliphatic carbocycles. The van der Waals surface area contributed by atoms with Crippen LogP contribution in [0.4, 0.5) is 14.7 Å². The van der Waals surface area contributed by atoms with Crippen LogP contribution in [0.3, 0.4) is 0 Å². The SMILES string of the molecule is CC(=O)Nc1nc(CCc2ccc(CNC(=O)NNC(=O)OC(C)(C)C)cc2)cs1. The lowest BCUT2D eigenvalue weighted by molar-refractivity contribution is -0.114. The summed E-state index contributed by atoms with van der Waals surface area (Å²) in [7, 11) is 0. The van der Waals surface area contributed by atoms with Crippen LogP contribution in [0.15, 0.2) is 29.6 Å². The van der Waals surface area contributed by atoms with Crippen LogP contribution in [0.1, 0.15) is 44.5 Å². The minimum absolute atomic E-state index is 0.130. The van der Waals surface area contributed by atoms with Crippen molar-refractivity contribution in [2.75, 3.05) is 5.32 Å². The fraction of sp³-hybridized carbons (Fsp3) is 0.400. The van der Waals surface area contributed by atoms with Crippen LogP contribution < -0.4 is 21.5 Å². The summed E-state index contributed by atoms with van der Waals surface area (Å²) in [5, 5.41) is 7.87. The molecule has 0 bridgehead atoms. The van der Waals surface area contributed by atoms with Gasteiger partial charge in [-0.15, -0.1) is 11.3 Å². The van der Waals surface area contributed by atoms with E-state index in [-0.39, 0.29) is 5.91 Å². The number of aromatic nitrogens is 1. The maximum absolute atomic E-state index is 11.8. The zero-order chi connectivity index (χ0) is 22.1. The first kappa shape index (κ1) is 23.1. The zero-order valence-electron chi connectivity index (χ0n) is 17.5. The van der Waals surface area contributed by atoms with E-state index in [2.05, 4.69) is 26.5 Å². The van der Waals surface area contributed by atoms with Crippen LogP contribution in [0.2, 0.25) is 0 Å². The second-order valence-corrected chi connectivity index (χ2v) is 8.43. The average Bonchev–Trinajstić information content (AvgIpc) is 3.09. The van der Waals surface area contributed by atoms with E-state index in [1.807, 2.05) is 29.6 Å². The standard InChI is InChI=1S/C20H27N5O4S/c1-13(26)22-18-23-16(12-30-18)10-9-14-5-7-15(8-6-14)11-21-17(27)24-25-19(28)29-20(2,3)4/h5-8,12H,9-11H2,1-4H3,(H,25,28)(H2,21,24,27)(H,22,23,26). The van der Waals surface area contributed by atoms with Crippen LogP contribution in [-0.4, -0.2) is 28.6 Å². The molecule has 0 aliphatic rings. The van der Waals surface area contributed by atoms with Crippen molar-refractivity contribution >= 4 is 34.5 Å². The number of anilines is 1. The van der Waals surface area contributed by atoms with Crippen molar-refractivity contribution in [3.05, 3.63) is 46.5 Å². The fourth-order valence-corrected chi connectivity index (χ4v) is 3.15. The van der Waals surface area contributed by atoms with Gasteiger partial charge in [0.05, 0.1) is 5.69 Å². The van der Waals surface area contributed by atoms with Crippen molar-refractivity contribution in [1.29, 1.82) is 0 Å². The summed E-state index contributed by atoms with van der Waals surface area (Å²) < 4.78 is 5.02. The Morgan fingerprint density at radius 2 is 1.70 bits per heavy atom. The van der Waals surface area contributed by atoms with Crippen LogP contribution in [0.25, 0.3) is 0 Å². The molecule has 30 heavy (non-hydrogen) atoms. The molecule has 10 heteroatoms. The molecule has 2 rings (SSSR count). The third kappa shape index (κ3) is 8.91. The molecule has 0 radical (unpaired) electrons. The highest BCUT2D eigenvalue weighted by molar-refractivity contribution is 7.13. The van der Waals surface area contributed by atoms with Gasteiger partial charge in [0.2, 0.25) is 5.91 Å². The van der Waals surface area contributed by atoms with E-state index in [1.54, 1.807) is 20.8 Å². The summed E-state index contributed by atoms with van der Waals surface area (Å²) >= 11 is 1.41. The van der Waals surface area contributed by atoms with E-state index < -0.39 is 17.7 Å². The molecule has 162 valence electrons. The number of amides is 4. The predicted molar refractivity (Wildman–Crippen MR) is 115 cm³/mol. The molecule has 4 N–H and O–H groups in total. The van der Waals surface area contributed by atoms with Crippen molar-refractivity contribution in [2.45, 2.75) is 52.7 Å². The Hall–Kier alpha value is -3.14. The third-order valence-corrected chi connectivity index (χ3v) is 4.46. The molecular formula is C20H27N5O4S. The van der Waals surface area contributed by atoms with Gasteiger partial charge in [-0.25, -0.2) is 25.4 Å². The van der Waals surface area contributed by atoms with Gasteiger partial charge in [0, 0.05) is 18.8 Å². The van der Waals surface area contributed by atoms with Gasteiger partial charge >= 0.3 is 12.1 Å². The number of carbonyl (C=O) groups is 3. The Morgan fingerprint density at radius 1 is 1.03 bits per heavy atom. The highest BCUT2D eigenvalue weighted by Crippen LogP contribution is 2.17. The van der Waals surface area contributed by atoms with Gasteiger partial charge in [0.25, 0.3) is 0 Å². The van der Waals surface area contributed by atoms with E-state index in [0.717, 1.165) is 29.7 Å². The van der Waals surface area contributed by atoms with E-state index >= 15 is 0 Å². The quantitative estimate of drug-likeness (QED) is 0.522. The Bertz CT molecular complexity index is 874. The lowest BCUT2D eigenvalue weighted by Gasteiger charge is -2.19. The van der Waals surface area contributed by atoms with E-state index in [0.29, 0.717) is 11.7 Å². The van der Waals surface area contributed by atoms with Crippen molar-refractivity contribution in [3.63, 3.8) is 0 Å². The summed E-state index contributed by atoms with van der Waals surface area (Å²) in [6, 6.07) is 7.31. The van der Waals surface area contributed by atoms with Gasteiger partial charge in [-0.05, 0) is 44.7 Å². The van der Waals surface area contributed by atoms with Gasteiger partial charge in [-0.3, -0.25) is 4.79 Å². The summed E-state index contributed by atoms with van der Waals surface area (Å²) in [6.07, 6.45) is 0.857. The molecular weight excluding hydrogens is 406 g/mol. The smallest absolute Gasteiger partial charge is 0.426 e. The second-order valence-electron chi connectivity index (χ2n) is 7.58. The van der Waals surface area contributed by atoms with E-state index in [4.69, 9.17) is 4.74 Å². The number of hydrogen-bond donors (Lipinski definition) is 4. The molecule has 0 atom stereocenters. The molecule has 0 spiro atoms. The van der Waals surface area contributed by atoms with E-state index in [9.17, 15) is 14.4 Å². The van der Waals surface area contributed by atoms with Crippen molar-refractivity contribution in [1.82, 2.24) is 21.2 Å². The lowest BCUT2D eigenvalue weighted by Crippen LogP contribution is -2.48. The normalized spacial score (nSPS) is 10.8. The van der Waals surface area contributed by atoms with Gasteiger partial charge in [-0.1, -0.05) is 24.3 Å². The molecule has 2 aromatic rings. The maximum Gasteiger partial charge on any atom is 0.426 e. The van der Waals surface area contributed by atoms with Gasteiger partial charge in [0.15, 0.2) is 5.13 Å². The monoisotopic (exact) mass is 433 g/mol. The number of urea groups is 1. The Kier molecular flexibility index (Phi) is 8.16. The summed E-state index contributed by atoms with van der Waals surface area (Å²) in [5.41, 5.74) is 6.77. The molecule has 0 saturated carbocycles. The Morgan fingerprint density at radius 3 is 2.33 bits per heavy atom. The molecule has 0 fully saturated rings. The predicted octanol–water partition coefficient (Wildman–Crippen LogP) is 3.13. The summed E-state index contributed by atoms with van der Waals surface area (Å²) in [5.74, 6) is -0.130. The fourth-order valence-electron chi connectivity index (χ4n) is 2.36. The first-order valence-electron chi connectivity index (χ1n) is 9.43. The van der Waals surface area contributed by atoms with Crippen molar-refractivity contribution in [2.24, 2.45) is 0 Å². The van der Waals surface area contributed by atoms with Gasteiger partial charge in [-0.2, -0.15) is 0 Å². The van der Waals surface area contributed by atoms with Crippen LogP contribution in [0.5, 0.6) is 0 Å². The first-order valence-corrected chi connectivity index (χ1v) is 10.3.